The molecule has 0 radical (unpaired) electrons. The van der Waals surface area contributed by atoms with Crippen LogP contribution in [0.15, 0.2) is 88.7 Å². The van der Waals surface area contributed by atoms with Crippen LogP contribution in [-0.4, -0.2) is 29.3 Å². The zero-order chi connectivity index (χ0) is 22.5. The summed E-state index contributed by atoms with van der Waals surface area (Å²) in [6.07, 6.45) is 0.483. The van der Waals surface area contributed by atoms with Crippen LogP contribution >= 0.6 is 0 Å². The molecule has 0 spiro atoms. The van der Waals surface area contributed by atoms with Crippen LogP contribution < -0.4 is 15.2 Å². The van der Waals surface area contributed by atoms with Crippen molar-refractivity contribution in [1.82, 2.24) is 5.32 Å². The lowest BCUT2D eigenvalue weighted by Crippen LogP contribution is -2.25. The molecular weight excluding hydrogens is 438 g/mol. The number of sulfonamides is 2. The highest BCUT2D eigenvalue weighted by atomic mass is 32.2. The highest BCUT2D eigenvalue weighted by Crippen LogP contribution is 2.17. The second kappa shape index (κ2) is 9.29. The van der Waals surface area contributed by atoms with Crippen molar-refractivity contribution < 1.29 is 21.6 Å². The van der Waals surface area contributed by atoms with Crippen molar-refractivity contribution in [3.8, 4) is 0 Å². The van der Waals surface area contributed by atoms with Gasteiger partial charge >= 0.3 is 0 Å². The fraction of sp³-hybridized carbons (Fsp3) is 0.0952. The van der Waals surface area contributed by atoms with Gasteiger partial charge in [0.25, 0.3) is 15.9 Å². The number of hydrogen-bond acceptors (Lipinski definition) is 5. The second-order valence-corrected chi connectivity index (χ2v) is 9.94. The van der Waals surface area contributed by atoms with Crippen molar-refractivity contribution in [2.45, 2.75) is 16.2 Å². The van der Waals surface area contributed by atoms with Gasteiger partial charge < -0.3 is 5.32 Å². The van der Waals surface area contributed by atoms with Crippen LogP contribution in [0.3, 0.4) is 0 Å². The topological polar surface area (TPSA) is 135 Å². The first-order valence-electron chi connectivity index (χ1n) is 9.23. The number of primary sulfonamides is 1. The molecule has 0 bridgehead atoms. The van der Waals surface area contributed by atoms with Crippen LogP contribution in [0.4, 0.5) is 5.69 Å². The monoisotopic (exact) mass is 459 g/mol. The highest BCUT2D eigenvalue weighted by molar-refractivity contribution is 7.92. The van der Waals surface area contributed by atoms with Gasteiger partial charge in [-0.05, 0) is 54.4 Å². The first kappa shape index (κ1) is 22.5. The molecule has 8 nitrogen and oxygen atoms in total. The number of carbonyl (C=O) groups excluding carboxylic acids is 1. The van der Waals surface area contributed by atoms with Gasteiger partial charge in [-0.25, -0.2) is 22.0 Å². The van der Waals surface area contributed by atoms with Crippen LogP contribution in [0.1, 0.15) is 15.9 Å². The Hall–Kier alpha value is -3.21. The standard InChI is InChI=1S/C21H21N3O5S2/c22-30(26,27)19-11-9-16(10-12-19)13-14-23-21(25)17-5-4-6-18(15-17)24-31(28,29)20-7-2-1-3-8-20/h1-12,15,24H,13-14H2,(H,23,25)(H2,22,26,27). The molecule has 162 valence electrons. The summed E-state index contributed by atoms with van der Waals surface area (Å²) in [7, 11) is -7.50. The molecule has 0 fully saturated rings. The van der Waals surface area contributed by atoms with Gasteiger partial charge in [-0.2, -0.15) is 0 Å². The van der Waals surface area contributed by atoms with Crippen molar-refractivity contribution in [2.24, 2.45) is 5.14 Å². The smallest absolute Gasteiger partial charge is 0.261 e. The molecule has 31 heavy (non-hydrogen) atoms. The normalized spacial score (nSPS) is 11.6. The molecular formula is C21H21N3O5S2. The minimum atomic E-state index is -3.76. The van der Waals surface area contributed by atoms with E-state index in [-0.39, 0.29) is 21.4 Å². The van der Waals surface area contributed by atoms with Gasteiger partial charge in [0.2, 0.25) is 10.0 Å². The molecule has 1 amide bonds. The maximum absolute atomic E-state index is 12.4. The van der Waals surface area contributed by atoms with Crippen LogP contribution in [0.5, 0.6) is 0 Å². The number of nitrogens with two attached hydrogens (primary N) is 1. The van der Waals surface area contributed by atoms with Gasteiger partial charge in [-0.3, -0.25) is 9.52 Å². The van der Waals surface area contributed by atoms with E-state index in [2.05, 4.69) is 10.0 Å². The molecule has 0 heterocycles. The Morgan fingerprint density at radius 3 is 2.13 bits per heavy atom. The maximum Gasteiger partial charge on any atom is 0.261 e. The number of anilines is 1. The molecule has 0 atom stereocenters. The van der Waals surface area contributed by atoms with Crippen LogP contribution in [0.2, 0.25) is 0 Å². The predicted molar refractivity (Wildman–Crippen MR) is 118 cm³/mol. The largest absolute Gasteiger partial charge is 0.352 e. The van der Waals surface area contributed by atoms with E-state index >= 15 is 0 Å². The summed E-state index contributed by atoms with van der Waals surface area (Å²) < 4.78 is 49.9. The van der Waals surface area contributed by atoms with Crippen LogP contribution in [-0.2, 0) is 26.5 Å². The maximum atomic E-state index is 12.4. The summed E-state index contributed by atoms with van der Waals surface area (Å²) in [5.74, 6) is -0.359. The van der Waals surface area contributed by atoms with Crippen molar-refractivity contribution >= 4 is 31.6 Å². The predicted octanol–water partition coefficient (Wildman–Crippen LogP) is 2.11. The number of hydrogen-bond donors (Lipinski definition) is 3. The molecule has 0 unspecified atom stereocenters. The van der Waals surface area contributed by atoms with E-state index in [1.807, 2.05) is 0 Å². The molecule has 4 N–H and O–H groups in total. The Bertz CT molecular complexity index is 1270. The van der Waals surface area contributed by atoms with Gasteiger partial charge in [-0.15, -0.1) is 0 Å². The lowest BCUT2D eigenvalue weighted by atomic mass is 10.1. The average Bonchev–Trinajstić information content (AvgIpc) is 2.74. The lowest BCUT2D eigenvalue weighted by molar-refractivity contribution is 0.0954. The van der Waals surface area contributed by atoms with Gasteiger partial charge in [0.15, 0.2) is 0 Å². The van der Waals surface area contributed by atoms with Crippen molar-refractivity contribution in [1.29, 1.82) is 0 Å². The summed E-state index contributed by atoms with van der Waals surface area (Å²) in [6.45, 7) is 0.313. The Balaban J connectivity index is 1.60. The highest BCUT2D eigenvalue weighted by Gasteiger charge is 2.14. The van der Waals surface area contributed by atoms with E-state index in [1.54, 1.807) is 48.5 Å². The van der Waals surface area contributed by atoms with E-state index in [9.17, 15) is 21.6 Å². The molecule has 0 aliphatic carbocycles. The first-order valence-corrected chi connectivity index (χ1v) is 12.3. The van der Waals surface area contributed by atoms with Gasteiger partial charge in [0.05, 0.1) is 9.79 Å². The third-order valence-electron chi connectivity index (χ3n) is 4.38. The molecule has 0 aromatic heterocycles. The minimum absolute atomic E-state index is 0.0232. The summed E-state index contributed by atoms with van der Waals surface area (Å²) in [4.78, 5) is 12.6. The van der Waals surface area contributed by atoms with E-state index < -0.39 is 20.0 Å². The van der Waals surface area contributed by atoms with Crippen molar-refractivity contribution in [2.75, 3.05) is 11.3 Å². The van der Waals surface area contributed by atoms with Crippen LogP contribution in [0, 0.1) is 0 Å². The zero-order valence-electron chi connectivity index (χ0n) is 16.4. The summed E-state index contributed by atoms with van der Waals surface area (Å²) in [6, 6.07) is 20.2. The second-order valence-electron chi connectivity index (χ2n) is 6.69. The number of rotatable bonds is 8. The van der Waals surface area contributed by atoms with E-state index in [4.69, 9.17) is 5.14 Å². The Kier molecular flexibility index (Phi) is 6.74. The molecule has 3 aromatic rings. The Morgan fingerprint density at radius 2 is 1.48 bits per heavy atom. The number of carbonyl (C=O) groups is 1. The molecule has 0 aliphatic rings. The third kappa shape index (κ3) is 6.14. The fourth-order valence-electron chi connectivity index (χ4n) is 2.81. The average molecular weight is 460 g/mol. The number of benzene rings is 3. The summed E-state index contributed by atoms with van der Waals surface area (Å²) in [5.41, 5.74) is 1.41. The SMILES string of the molecule is NS(=O)(=O)c1ccc(CCNC(=O)c2cccc(NS(=O)(=O)c3ccccc3)c2)cc1. The lowest BCUT2D eigenvalue weighted by Gasteiger charge is -2.10. The van der Waals surface area contributed by atoms with Gasteiger partial charge in [-0.1, -0.05) is 36.4 Å². The van der Waals surface area contributed by atoms with Gasteiger partial charge in [0.1, 0.15) is 0 Å². The number of amides is 1. The fourth-order valence-corrected chi connectivity index (χ4v) is 4.39. The minimum Gasteiger partial charge on any atom is -0.352 e. The van der Waals surface area contributed by atoms with Crippen LogP contribution in [0.25, 0.3) is 0 Å². The third-order valence-corrected chi connectivity index (χ3v) is 6.71. The zero-order valence-corrected chi connectivity index (χ0v) is 18.0. The van der Waals surface area contributed by atoms with Crippen molar-refractivity contribution in [3.63, 3.8) is 0 Å². The van der Waals surface area contributed by atoms with Crippen molar-refractivity contribution in [3.05, 3.63) is 90.0 Å². The van der Waals surface area contributed by atoms with E-state index in [0.717, 1.165) is 5.56 Å². The van der Waals surface area contributed by atoms with Gasteiger partial charge in [0, 0.05) is 17.8 Å². The molecule has 10 heteroatoms. The molecule has 3 rings (SSSR count). The molecule has 3 aromatic carbocycles. The van der Waals surface area contributed by atoms with E-state index in [1.165, 1.54) is 30.3 Å². The quantitative estimate of drug-likeness (QED) is 0.474. The Morgan fingerprint density at radius 1 is 0.806 bits per heavy atom. The van der Waals surface area contributed by atoms with E-state index in [0.29, 0.717) is 18.5 Å². The molecule has 0 saturated heterocycles. The Labute approximate surface area is 181 Å². The molecule has 0 aliphatic heterocycles. The molecule has 0 saturated carbocycles. The summed E-state index contributed by atoms with van der Waals surface area (Å²) >= 11 is 0. The first-order chi connectivity index (χ1) is 14.6. The number of nitrogens with one attached hydrogen (secondary N) is 2. The summed E-state index contributed by atoms with van der Waals surface area (Å²) in [5, 5.41) is 7.82.